The lowest BCUT2D eigenvalue weighted by Crippen LogP contribution is -2.30. The molecule has 1 aliphatic carbocycles. The SMILES string of the molecule is Cc1[nH][n+](O)cc1S(=O)c1ccc2c(c1)nc(C(C)(C)C)n2CC1CCCCC1. The number of rotatable bonds is 4. The third-order valence-electron chi connectivity index (χ3n) is 5.86. The molecule has 156 valence electrons. The van der Waals surface area contributed by atoms with E-state index in [2.05, 4.69) is 36.5 Å². The Morgan fingerprint density at radius 3 is 2.62 bits per heavy atom. The van der Waals surface area contributed by atoms with Gasteiger partial charge in [-0.2, -0.15) is 0 Å². The van der Waals surface area contributed by atoms with E-state index in [1.54, 1.807) is 6.92 Å². The smallest absolute Gasteiger partial charge is 0.270 e. The topological polar surface area (TPSA) is 74.8 Å². The Morgan fingerprint density at radius 1 is 1.28 bits per heavy atom. The van der Waals surface area contributed by atoms with E-state index in [0.29, 0.717) is 21.4 Å². The third kappa shape index (κ3) is 3.97. The Labute approximate surface area is 174 Å². The van der Waals surface area contributed by atoms with E-state index >= 15 is 0 Å². The number of fused-ring (bicyclic) bond motifs is 1. The van der Waals surface area contributed by atoms with Crippen LogP contribution < -0.4 is 4.85 Å². The molecule has 1 aromatic carbocycles. The van der Waals surface area contributed by atoms with Crippen LogP contribution in [0.25, 0.3) is 11.0 Å². The molecule has 1 unspecified atom stereocenters. The molecular weight excluding hydrogens is 384 g/mol. The quantitative estimate of drug-likeness (QED) is 0.494. The number of nitrogens with one attached hydrogen (secondary N) is 1. The summed E-state index contributed by atoms with van der Waals surface area (Å²) in [6.45, 7) is 9.41. The zero-order valence-electron chi connectivity index (χ0n) is 17.7. The lowest BCUT2D eigenvalue weighted by Gasteiger charge is -2.26. The van der Waals surface area contributed by atoms with Crippen molar-refractivity contribution in [2.75, 3.05) is 0 Å². The molecule has 29 heavy (non-hydrogen) atoms. The zero-order chi connectivity index (χ0) is 20.8. The minimum Gasteiger partial charge on any atom is -0.327 e. The van der Waals surface area contributed by atoms with E-state index in [-0.39, 0.29) is 5.41 Å². The van der Waals surface area contributed by atoms with Crippen LogP contribution >= 0.6 is 0 Å². The van der Waals surface area contributed by atoms with Crippen molar-refractivity contribution >= 4 is 21.8 Å². The van der Waals surface area contributed by atoms with Crippen molar-refractivity contribution in [3.05, 3.63) is 35.9 Å². The third-order valence-corrected chi connectivity index (χ3v) is 7.35. The first kappa shape index (κ1) is 20.1. The maximum absolute atomic E-state index is 13.1. The Kier molecular flexibility index (Phi) is 5.27. The number of benzene rings is 1. The number of aryl methyl sites for hydroxylation is 1. The van der Waals surface area contributed by atoms with Gasteiger partial charge in [0.15, 0.2) is 0 Å². The predicted octanol–water partition coefficient (Wildman–Crippen LogP) is 4.24. The Bertz CT molecular complexity index is 1050. The van der Waals surface area contributed by atoms with Crippen LogP contribution in [-0.4, -0.2) is 24.1 Å². The van der Waals surface area contributed by atoms with Crippen molar-refractivity contribution in [3.8, 4) is 0 Å². The second-order valence-corrected chi connectivity index (χ2v) is 10.7. The van der Waals surface area contributed by atoms with Gasteiger partial charge in [0.1, 0.15) is 10.7 Å². The van der Waals surface area contributed by atoms with Gasteiger partial charge in [0, 0.05) is 16.9 Å². The summed E-state index contributed by atoms with van der Waals surface area (Å²) in [6, 6.07) is 5.92. The Hall–Kier alpha value is -2.15. The molecule has 1 saturated carbocycles. The molecule has 6 nitrogen and oxygen atoms in total. The maximum atomic E-state index is 13.1. The van der Waals surface area contributed by atoms with E-state index in [9.17, 15) is 9.42 Å². The number of hydrogen-bond acceptors (Lipinski definition) is 3. The lowest BCUT2D eigenvalue weighted by molar-refractivity contribution is -0.946. The summed E-state index contributed by atoms with van der Waals surface area (Å²) in [4.78, 5) is 7.10. The van der Waals surface area contributed by atoms with Crippen molar-refractivity contribution in [2.24, 2.45) is 5.92 Å². The van der Waals surface area contributed by atoms with Crippen molar-refractivity contribution in [2.45, 2.75) is 81.5 Å². The zero-order valence-corrected chi connectivity index (χ0v) is 18.6. The number of H-pyrrole nitrogens is 1. The first-order chi connectivity index (χ1) is 13.7. The minimum atomic E-state index is -1.38. The molecular formula is C22H31N4O2S+. The van der Waals surface area contributed by atoms with Crippen LogP contribution in [0.1, 0.15) is 64.4 Å². The lowest BCUT2D eigenvalue weighted by atomic mass is 9.88. The van der Waals surface area contributed by atoms with Crippen molar-refractivity contribution in [1.82, 2.24) is 14.6 Å². The summed E-state index contributed by atoms with van der Waals surface area (Å²) in [7, 11) is -1.38. The largest absolute Gasteiger partial charge is 0.327 e. The van der Waals surface area contributed by atoms with Crippen molar-refractivity contribution < 1.29 is 14.3 Å². The van der Waals surface area contributed by atoms with Gasteiger partial charge in [-0.25, -0.2) is 9.19 Å². The number of aromatic nitrogens is 4. The summed E-state index contributed by atoms with van der Waals surface area (Å²) in [6.07, 6.45) is 8.05. The average molecular weight is 416 g/mol. The van der Waals surface area contributed by atoms with Gasteiger partial charge in [-0.15, -0.1) is 5.10 Å². The number of nitrogens with zero attached hydrogens (tertiary/aromatic N) is 3. The molecule has 1 fully saturated rings. The molecule has 2 N–H and O–H groups in total. The minimum absolute atomic E-state index is 0.0628. The van der Waals surface area contributed by atoms with Crippen LogP contribution in [0, 0.1) is 12.8 Å². The second-order valence-electron chi connectivity index (χ2n) is 9.29. The van der Waals surface area contributed by atoms with Crippen LogP contribution in [-0.2, 0) is 22.8 Å². The monoisotopic (exact) mass is 415 g/mol. The first-order valence-electron chi connectivity index (χ1n) is 10.5. The van der Waals surface area contributed by atoms with Gasteiger partial charge in [0.25, 0.3) is 6.20 Å². The van der Waals surface area contributed by atoms with Gasteiger partial charge in [-0.3, -0.25) is 5.21 Å². The van der Waals surface area contributed by atoms with E-state index in [1.807, 2.05) is 12.1 Å². The molecule has 0 radical (unpaired) electrons. The van der Waals surface area contributed by atoms with Gasteiger partial charge in [-0.1, -0.05) is 40.0 Å². The molecule has 0 saturated heterocycles. The molecule has 0 spiro atoms. The molecule has 0 amide bonds. The highest BCUT2D eigenvalue weighted by atomic mass is 32.2. The Morgan fingerprint density at radius 2 is 2.00 bits per heavy atom. The van der Waals surface area contributed by atoms with Crippen molar-refractivity contribution in [1.29, 1.82) is 0 Å². The standard InChI is InChI=1S/C22H30N4O2S/c1-15-20(14-26(27)24-15)29(28)17-10-11-19-18(12-17)23-21(22(2,3)4)25(19)13-16-8-6-5-7-9-16/h10-12,14,16,27H,5-9,13H2,1-4H3/p+1. The van der Waals surface area contributed by atoms with Gasteiger partial charge in [0.05, 0.1) is 32.4 Å². The number of hydrogen-bond donors (Lipinski definition) is 2. The van der Waals surface area contributed by atoms with E-state index < -0.39 is 10.8 Å². The summed E-state index contributed by atoms with van der Waals surface area (Å²) < 4.78 is 15.5. The molecule has 4 rings (SSSR count). The van der Waals surface area contributed by atoms with Gasteiger partial charge < -0.3 is 4.57 Å². The van der Waals surface area contributed by atoms with Crippen LogP contribution in [0.15, 0.2) is 34.2 Å². The Balaban J connectivity index is 1.75. The second kappa shape index (κ2) is 7.59. The summed E-state index contributed by atoms with van der Waals surface area (Å²) in [5, 5.41) is 12.3. The molecule has 1 aliphatic rings. The fourth-order valence-corrected chi connectivity index (χ4v) is 5.57. The molecule has 0 bridgehead atoms. The molecule has 0 aliphatic heterocycles. The fourth-order valence-electron chi connectivity index (χ4n) is 4.39. The summed E-state index contributed by atoms with van der Waals surface area (Å²) in [5.41, 5.74) is 2.63. The highest BCUT2D eigenvalue weighted by molar-refractivity contribution is 7.85. The highest BCUT2D eigenvalue weighted by Crippen LogP contribution is 2.32. The van der Waals surface area contributed by atoms with E-state index in [1.165, 1.54) is 38.3 Å². The number of imidazole rings is 1. The van der Waals surface area contributed by atoms with Crippen LogP contribution in [0.3, 0.4) is 0 Å². The van der Waals surface area contributed by atoms with E-state index in [4.69, 9.17) is 4.98 Å². The molecule has 2 heterocycles. The summed E-state index contributed by atoms with van der Waals surface area (Å²) in [5.74, 6) is 1.80. The van der Waals surface area contributed by atoms with Gasteiger partial charge >= 0.3 is 0 Å². The molecule has 3 aromatic rings. The molecule has 2 aromatic heterocycles. The average Bonchev–Trinajstić information content (AvgIpc) is 3.21. The molecule has 7 heteroatoms. The number of aromatic amines is 1. The highest BCUT2D eigenvalue weighted by Gasteiger charge is 2.26. The van der Waals surface area contributed by atoms with Gasteiger partial charge in [-0.05, 0) is 43.9 Å². The normalized spacial score (nSPS) is 17.1. The maximum Gasteiger partial charge on any atom is 0.270 e. The fraction of sp³-hybridized carbons (Fsp3) is 0.545. The van der Waals surface area contributed by atoms with Crippen LogP contribution in [0.5, 0.6) is 0 Å². The van der Waals surface area contributed by atoms with E-state index in [0.717, 1.165) is 28.2 Å². The molecule has 1 atom stereocenters. The first-order valence-corrected chi connectivity index (χ1v) is 11.6. The van der Waals surface area contributed by atoms with Crippen LogP contribution in [0.4, 0.5) is 0 Å². The predicted molar refractivity (Wildman–Crippen MR) is 113 cm³/mol. The van der Waals surface area contributed by atoms with Crippen LogP contribution in [0.2, 0.25) is 0 Å². The van der Waals surface area contributed by atoms with Crippen molar-refractivity contribution in [3.63, 3.8) is 0 Å². The van der Waals surface area contributed by atoms with Gasteiger partial charge in [0.2, 0.25) is 0 Å². The summed E-state index contributed by atoms with van der Waals surface area (Å²) >= 11 is 0.